The van der Waals surface area contributed by atoms with E-state index in [2.05, 4.69) is 4.90 Å². The summed E-state index contributed by atoms with van der Waals surface area (Å²) in [6, 6.07) is 7.35. The number of likely N-dealkylation sites (tertiary alicyclic amines) is 1. The van der Waals surface area contributed by atoms with Crippen molar-refractivity contribution in [1.29, 1.82) is 0 Å². The Bertz CT molecular complexity index is 535. The number of carbonyl (C=O) groups excluding carboxylic acids is 1. The average Bonchev–Trinajstić information content (AvgIpc) is 2.54. The van der Waals surface area contributed by atoms with Crippen LogP contribution in [-0.4, -0.2) is 48.0 Å². The van der Waals surface area contributed by atoms with Crippen molar-refractivity contribution in [2.75, 3.05) is 20.2 Å². The lowest BCUT2D eigenvalue weighted by Crippen LogP contribution is -2.42. The molecule has 0 radical (unpaired) electrons. The minimum Gasteiger partial charge on any atom is -0.496 e. The lowest BCUT2D eigenvalue weighted by molar-refractivity contribution is -0.143. The Balaban J connectivity index is 1.93. The SMILES string of the molecule is COc1ccccc1C(=O)CC(C)N1CCC(C(=O)O)CC1. The molecule has 120 valence electrons. The van der Waals surface area contributed by atoms with E-state index in [0.29, 0.717) is 30.6 Å². The number of hydrogen-bond donors (Lipinski definition) is 1. The van der Waals surface area contributed by atoms with E-state index in [1.807, 2.05) is 19.1 Å². The highest BCUT2D eigenvalue weighted by molar-refractivity contribution is 5.98. The van der Waals surface area contributed by atoms with Crippen molar-refractivity contribution in [3.63, 3.8) is 0 Å². The fraction of sp³-hybridized carbons (Fsp3) is 0.529. The van der Waals surface area contributed by atoms with Gasteiger partial charge in [-0.15, -0.1) is 0 Å². The van der Waals surface area contributed by atoms with Crippen molar-refractivity contribution in [2.24, 2.45) is 5.92 Å². The second-order valence-corrected chi connectivity index (χ2v) is 5.83. The number of methoxy groups -OCH3 is 1. The Labute approximate surface area is 130 Å². The topological polar surface area (TPSA) is 66.8 Å². The third-order valence-corrected chi connectivity index (χ3v) is 4.39. The lowest BCUT2D eigenvalue weighted by Gasteiger charge is -2.34. The third-order valence-electron chi connectivity index (χ3n) is 4.39. The van der Waals surface area contributed by atoms with Gasteiger partial charge in [0.1, 0.15) is 5.75 Å². The highest BCUT2D eigenvalue weighted by atomic mass is 16.5. The van der Waals surface area contributed by atoms with Crippen LogP contribution in [-0.2, 0) is 4.79 Å². The van der Waals surface area contributed by atoms with Crippen LogP contribution in [0, 0.1) is 5.92 Å². The van der Waals surface area contributed by atoms with Crippen molar-refractivity contribution < 1.29 is 19.4 Å². The van der Waals surface area contributed by atoms with Gasteiger partial charge in [-0.3, -0.25) is 9.59 Å². The Kier molecular flexibility index (Phi) is 5.55. The van der Waals surface area contributed by atoms with E-state index in [4.69, 9.17) is 9.84 Å². The molecule has 1 atom stereocenters. The van der Waals surface area contributed by atoms with Crippen molar-refractivity contribution >= 4 is 11.8 Å². The molecule has 1 heterocycles. The Hall–Kier alpha value is -1.88. The lowest BCUT2D eigenvalue weighted by atomic mass is 9.94. The number of aliphatic carboxylic acids is 1. The van der Waals surface area contributed by atoms with E-state index in [0.717, 1.165) is 13.1 Å². The summed E-state index contributed by atoms with van der Waals surface area (Å²) in [6.45, 7) is 3.49. The van der Waals surface area contributed by atoms with E-state index in [1.54, 1.807) is 19.2 Å². The second kappa shape index (κ2) is 7.40. The summed E-state index contributed by atoms with van der Waals surface area (Å²) in [6.07, 6.45) is 1.73. The molecule has 1 aromatic carbocycles. The molecule has 1 N–H and O–H groups in total. The second-order valence-electron chi connectivity index (χ2n) is 5.83. The van der Waals surface area contributed by atoms with Crippen molar-refractivity contribution in [3.8, 4) is 5.75 Å². The normalized spacial score (nSPS) is 17.9. The Morgan fingerprint density at radius 2 is 1.95 bits per heavy atom. The third kappa shape index (κ3) is 3.85. The maximum atomic E-state index is 12.4. The van der Waals surface area contributed by atoms with Gasteiger partial charge in [0.25, 0.3) is 0 Å². The molecule has 1 saturated heterocycles. The number of benzene rings is 1. The molecule has 22 heavy (non-hydrogen) atoms. The fourth-order valence-electron chi connectivity index (χ4n) is 2.97. The summed E-state index contributed by atoms with van der Waals surface area (Å²) in [5.41, 5.74) is 0.609. The monoisotopic (exact) mass is 305 g/mol. The van der Waals surface area contributed by atoms with Gasteiger partial charge in [-0.2, -0.15) is 0 Å². The van der Waals surface area contributed by atoms with Crippen LogP contribution >= 0.6 is 0 Å². The van der Waals surface area contributed by atoms with Crippen LogP contribution in [0.15, 0.2) is 24.3 Å². The maximum absolute atomic E-state index is 12.4. The molecule has 2 rings (SSSR count). The van der Waals surface area contributed by atoms with Crippen LogP contribution in [0.3, 0.4) is 0 Å². The highest BCUT2D eigenvalue weighted by Crippen LogP contribution is 2.23. The van der Waals surface area contributed by atoms with E-state index in [9.17, 15) is 9.59 Å². The molecular formula is C17H23NO4. The smallest absolute Gasteiger partial charge is 0.306 e. The van der Waals surface area contributed by atoms with E-state index >= 15 is 0 Å². The minimum atomic E-state index is -0.711. The standard InChI is InChI=1S/C17H23NO4/c1-12(18-9-7-13(8-10-18)17(20)21)11-15(19)14-5-3-4-6-16(14)22-2/h3-6,12-13H,7-11H2,1-2H3,(H,20,21). The summed E-state index contributed by atoms with van der Waals surface area (Å²) >= 11 is 0. The summed E-state index contributed by atoms with van der Waals surface area (Å²) in [4.78, 5) is 25.6. The number of Topliss-reactive ketones (excluding diaryl/α,β-unsaturated/α-hetero) is 1. The molecule has 1 fully saturated rings. The molecule has 1 aromatic rings. The van der Waals surface area contributed by atoms with Crippen LogP contribution in [0.4, 0.5) is 0 Å². The van der Waals surface area contributed by atoms with E-state index < -0.39 is 5.97 Å². The first kappa shape index (κ1) is 16.5. The quantitative estimate of drug-likeness (QED) is 0.818. The Morgan fingerprint density at radius 3 is 2.55 bits per heavy atom. The number of nitrogens with zero attached hydrogens (tertiary/aromatic N) is 1. The summed E-state index contributed by atoms with van der Waals surface area (Å²) < 4.78 is 5.23. The number of carboxylic acid groups (broad SMARTS) is 1. The fourth-order valence-corrected chi connectivity index (χ4v) is 2.97. The molecule has 0 saturated carbocycles. The molecule has 1 unspecified atom stereocenters. The van der Waals surface area contributed by atoms with Gasteiger partial charge < -0.3 is 14.7 Å². The van der Waals surface area contributed by atoms with Crippen molar-refractivity contribution in [1.82, 2.24) is 4.90 Å². The number of para-hydroxylation sites is 1. The minimum absolute atomic E-state index is 0.0605. The molecule has 0 aromatic heterocycles. The van der Waals surface area contributed by atoms with Crippen LogP contribution in [0.5, 0.6) is 5.75 Å². The van der Waals surface area contributed by atoms with Gasteiger partial charge in [0.15, 0.2) is 5.78 Å². The zero-order valence-electron chi connectivity index (χ0n) is 13.1. The first-order chi connectivity index (χ1) is 10.5. The van der Waals surface area contributed by atoms with Crippen molar-refractivity contribution in [3.05, 3.63) is 29.8 Å². The largest absolute Gasteiger partial charge is 0.496 e. The van der Waals surface area contributed by atoms with Gasteiger partial charge in [-0.1, -0.05) is 12.1 Å². The highest BCUT2D eigenvalue weighted by Gasteiger charge is 2.28. The first-order valence-corrected chi connectivity index (χ1v) is 7.66. The number of carbonyl (C=O) groups is 2. The van der Waals surface area contributed by atoms with Crippen LogP contribution < -0.4 is 4.74 Å². The zero-order valence-corrected chi connectivity index (χ0v) is 13.1. The summed E-state index contributed by atoms with van der Waals surface area (Å²) in [5, 5.41) is 9.03. The van der Waals surface area contributed by atoms with Gasteiger partial charge in [0.05, 0.1) is 18.6 Å². The molecule has 1 aliphatic heterocycles. The first-order valence-electron chi connectivity index (χ1n) is 7.66. The number of piperidine rings is 1. The molecule has 0 aliphatic carbocycles. The molecule has 0 amide bonds. The van der Waals surface area contributed by atoms with Crippen LogP contribution in [0.1, 0.15) is 36.5 Å². The predicted molar refractivity (Wildman–Crippen MR) is 83.3 cm³/mol. The molecule has 5 nitrogen and oxygen atoms in total. The van der Waals surface area contributed by atoms with Gasteiger partial charge in [-0.25, -0.2) is 0 Å². The van der Waals surface area contributed by atoms with E-state index in [-0.39, 0.29) is 17.7 Å². The van der Waals surface area contributed by atoms with Gasteiger partial charge >= 0.3 is 5.97 Å². The molecular weight excluding hydrogens is 282 g/mol. The number of hydrogen-bond acceptors (Lipinski definition) is 4. The number of ketones is 1. The van der Waals surface area contributed by atoms with Crippen LogP contribution in [0.25, 0.3) is 0 Å². The van der Waals surface area contributed by atoms with Gasteiger partial charge in [-0.05, 0) is 45.0 Å². The zero-order chi connectivity index (χ0) is 16.1. The molecule has 0 spiro atoms. The van der Waals surface area contributed by atoms with Crippen LogP contribution in [0.2, 0.25) is 0 Å². The predicted octanol–water partition coefficient (Wildman–Crippen LogP) is 2.45. The summed E-state index contributed by atoms with van der Waals surface area (Å²) in [7, 11) is 1.56. The molecule has 1 aliphatic rings. The average molecular weight is 305 g/mol. The molecule has 5 heteroatoms. The van der Waals surface area contributed by atoms with Crippen molar-refractivity contribution in [2.45, 2.75) is 32.2 Å². The number of rotatable bonds is 6. The van der Waals surface area contributed by atoms with Gasteiger partial charge in [0, 0.05) is 12.5 Å². The number of carboxylic acids is 1. The maximum Gasteiger partial charge on any atom is 0.306 e. The molecule has 0 bridgehead atoms. The Morgan fingerprint density at radius 1 is 1.32 bits per heavy atom. The summed E-state index contributed by atoms with van der Waals surface area (Å²) in [5.74, 6) is -0.291. The number of ether oxygens (including phenoxy) is 1. The van der Waals surface area contributed by atoms with Gasteiger partial charge in [0.2, 0.25) is 0 Å². The van der Waals surface area contributed by atoms with E-state index in [1.165, 1.54) is 0 Å².